The second kappa shape index (κ2) is 9.66. The number of hydrogen-bond acceptors (Lipinski definition) is 7. The minimum atomic E-state index is -2.70. The molecule has 0 heterocycles. The van der Waals surface area contributed by atoms with Crippen LogP contribution in [0.2, 0.25) is 0 Å². The van der Waals surface area contributed by atoms with Crippen molar-refractivity contribution in [3.05, 3.63) is 65.2 Å². The number of carbonyl (C=O) groups excluding carboxylic acids is 5. The van der Waals surface area contributed by atoms with Crippen LogP contribution in [-0.2, 0) is 32.0 Å². The first-order chi connectivity index (χ1) is 19.5. The number of carbonyl (C=O) groups is 5. The van der Waals surface area contributed by atoms with E-state index in [9.17, 15) is 34.2 Å². The molecule has 0 saturated heterocycles. The SMILES string of the molecule is C=C(C)Cc1ccc(-c2ccc(O)c3c2C[C@]2(C)C[C@]4(C)C(C(C)C)C(=O)C(C(C)=O)C(=O)[C@]4(O)C(=O)C2C3=O)cc1. The third-order valence-electron chi connectivity index (χ3n) is 10.0. The first-order valence-corrected chi connectivity index (χ1v) is 14.5. The highest BCUT2D eigenvalue weighted by Gasteiger charge is 2.76. The Kier molecular flexibility index (Phi) is 6.85. The molecular weight excluding hydrogens is 532 g/mol. The molecule has 2 fully saturated rings. The molecule has 3 aliphatic carbocycles. The number of allylic oxidation sites excluding steroid dienone is 1. The lowest BCUT2D eigenvalue weighted by atomic mass is 9.40. The Labute approximate surface area is 246 Å². The number of aromatic hydroxyl groups is 1. The number of phenolic OH excluding ortho intramolecular Hbond substituents is 1. The van der Waals surface area contributed by atoms with Gasteiger partial charge < -0.3 is 10.2 Å². The molecule has 5 rings (SSSR count). The Morgan fingerprint density at radius 2 is 1.62 bits per heavy atom. The van der Waals surface area contributed by atoms with Gasteiger partial charge in [-0.05, 0) is 72.8 Å². The summed E-state index contributed by atoms with van der Waals surface area (Å²) in [5.41, 5.74) is -1.03. The van der Waals surface area contributed by atoms with Crippen LogP contribution in [-0.4, -0.2) is 44.7 Å². The summed E-state index contributed by atoms with van der Waals surface area (Å²) >= 11 is 0. The van der Waals surface area contributed by atoms with E-state index in [1.54, 1.807) is 33.8 Å². The average molecular weight is 571 g/mol. The lowest BCUT2D eigenvalue weighted by molar-refractivity contribution is -0.205. The molecule has 0 aliphatic heterocycles. The fraction of sp³-hybridized carbons (Fsp3) is 0.457. The fourth-order valence-corrected chi connectivity index (χ4v) is 8.56. The molecule has 2 aromatic rings. The Hall–Kier alpha value is -3.71. The van der Waals surface area contributed by atoms with Crippen LogP contribution in [0.5, 0.6) is 5.75 Å². The molecule has 220 valence electrons. The molecule has 42 heavy (non-hydrogen) atoms. The molecule has 0 amide bonds. The number of phenols is 1. The summed E-state index contributed by atoms with van der Waals surface area (Å²) in [6.07, 6.45) is 0.959. The molecule has 0 bridgehead atoms. The van der Waals surface area contributed by atoms with Gasteiger partial charge in [-0.15, -0.1) is 0 Å². The molecule has 2 aromatic carbocycles. The van der Waals surface area contributed by atoms with E-state index in [4.69, 9.17) is 0 Å². The van der Waals surface area contributed by atoms with Gasteiger partial charge in [0.1, 0.15) is 17.5 Å². The van der Waals surface area contributed by atoms with Crippen LogP contribution in [0, 0.1) is 34.5 Å². The fourth-order valence-electron chi connectivity index (χ4n) is 8.56. The predicted octanol–water partition coefficient (Wildman–Crippen LogP) is 4.88. The molecule has 6 atom stereocenters. The van der Waals surface area contributed by atoms with E-state index >= 15 is 0 Å². The molecule has 0 radical (unpaired) electrons. The summed E-state index contributed by atoms with van der Waals surface area (Å²) in [6, 6.07) is 11.1. The van der Waals surface area contributed by atoms with Crippen molar-refractivity contribution in [1.29, 1.82) is 0 Å². The van der Waals surface area contributed by atoms with Gasteiger partial charge in [-0.25, -0.2) is 0 Å². The second-order valence-electron chi connectivity index (χ2n) is 13.6. The molecule has 3 aliphatic rings. The van der Waals surface area contributed by atoms with Gasteiger partial charge in [-0.2, -0.15) is 0 Å². The summed E-state index contributed by atoms with van der Waals surface area (Å²) in [4.78, 5) is 68.6. The van der Waals surface area contributed by atoms with E-state index in [1.165, 1.54) is 6.07 Å². The monoisotopic (exact) mass is 570 g/mol. The van der Waals surface area contributed by atoms with Crippen molar-refractivity contribution in [2.75, 3.05) is 0 Å². The number of aliphatic hydroxyl groups is 1. The minimum Gasteiger partial charge on any atom is -0.507 e. The highest BCUT2D eigenvalue weighted by molar-refractivity contribution is 6.32. The molecule has 7 heteroatoms. The van der Waals surface area contributed by atoms with Crippen LogP contribution in [0.25, 0.3) is 11.1 Å². The molecule has 2 N–H and O–H groups in total. The highest BCUT2D eigenvalue weighted by Crippen LogP contribution is 2.64. The van der Waals surface area contributed by atoms with Crippen molar-refractivity contribution in [3.63, 3.8) is 0 Å². The second-order valence-corrected chi connectivity index (χ2v) is 13.6. The zero-order valence-corrected chi connectivity index (χ0v) is 25.0. The maximum absolute atomic E-state index is 14.4. The third-order valence-corrected chi connectivity index (χ3v) is 10.0. The number of fused-ring (bicyclic) bond motifs is 3. The van der Waals surface area contributed by atoms with Crippen molar-refractivity contribution in [3.8, 4) is 16.9 Å². The predicted molar refractivity (Wildman–Crippen MR) is 157 cm³/mol. The van der Waals surface area contributed by atoms with Gasteiger partial charge in [-0.3, -0.25) is 24.0 Å². The Morgan fingerprint density at radius 3 is 2.17 bits per heavy atom. The van der Waals surface area contributed by atoms with Crippen LogP contribution in [0.3, 0.4) is 0 Å². The van der Waals surface area contributed by atoms with Crippen LogP contribution >= 0.6 is 0 Å². The lowest BCUT2D eigenvalue weighted by Crippen LogP contribution is -2.76. The zero-order valence-electron chi connectivity index (χ0n) is 25.0. The van der Waals surface area contributed by atoms with Gasteiger partial charge in [0.05, 0.1) is 11.5 Å². The number of ketones is 5. The zero-order chi connectivity index (χ0) is 31.1. The normalized spacial score (nSPS) is 32.3. The van der Waals surface area contributed by atoms with Crippen molar-refractivity contribution < 1.29 is 34.2 Å². The molecule has 3 unspecified atom stereocenters. The first-order valence-electron chi connectivity index (χ1n) is 14.5. The van der Waals surface area contributed by atoms with Crippen molar-refractivity contribution >= 4 is 28.9 Å². The van der Waals surface area contributed by atoms with E-state index in [0.717, 1.165) is 35.6 Å². The summed E-state index contributed by atoms with van der Waals surface area (Å²) < 4.78 is 0. The summed E-state index contributed by atoms with van der Waals surface area (Å²) in [5, 5.41) is 23.0. The van der Waals surface area contributed by atoms with Gasteiger partial charge in [0.2, 0.25) is 0 Å². The van der Waals surface area contributed by atoms with E-state index in [1.807, 2.05) is 31.2 Å². The Balaban J connectivity index is 1.69. The Morgan fingerprint density at radius 1 is 1.00 bits per heavy atom. The average Bonchev–Trinajstić information content (AvgIpc) is 2.86. The number of benzene rings is 2. The summed E-state index contributed by atoms with van der Waals surface area (Å²) in [6.45, 7) is 13.9. The van der Waals surface area contributed by atoms with Crippen molar-refractivity contribution in [2.24, 2.45) is 34.5 Å². The van der Waals surface area contributed by atoms with E-state index < -0.39 is 63.1 Å². The maximum atomic E-state index is 14.4. The van der Waals surface area contributed by atoms with E-state index in [0.29, 0.717) is 5.56 Å². The quantitative estimate of drug-likeness (QED) is 0.388. The van der Waals surface area contributed by atoms with Gasteiger partial charge in [0.25, 0.3) is 0 Å². The topological polar surface area (TPSA) is 126 Å². The smallest absolute Gasteiger partial charge is 0.190 e. The minimum absolute atomic E-state index is 0.00408. The number of rotatable bonds is 5. The van der Waals surface area contributed by atoms with Crippen LogP contribution < -0.4 is 0 Å². The largest absolute Gasteiger partial charge is 0.507 e. The van der Waals surface area contributed by atoms with Crippen LogP contribution in [0.15, 0.2) is 48.6 Å². The van der Waals surface area contributed by atoms with Crippen LogP contribution in [0.4, 0.5) is 0 Å². The van der Waals surface area contributed by atoms with Gasteiger partial charge >= 0.3 is 0 Å². The molecule has 7 nitrogen and oxygen atoms in total. The lowest BCUT2D eigenvalue weighted by Gasteiger charge is -2.61. The van der Waals surface area contributed by atoms with Gasteiger partial charge in [0.15, 0.2) is 28.7 Å². The number of hydrogen-bond donors (Lipinski definition) is 2. The van der Waals surface area contributed by atoms with Gasteiger partial charge in [-0.1, -0.05) is 70.2 Å². The highest BCUT2D eigenvalue weighted by atomic mass is 16.3. The molecular formula is C35H38O7. The standard InChI is InChI=1S/C35H38O7/c1-17(2)14-20-8-10-21(11-9-20)22-12-13-24(37)26-23(22)15-33(6)16-34(7)27(18(3)4)29(38)25(19(5)36)31(40)35(34,42)32(41)28(33)30(26)39/h8-13,18,25,27-28,37,42H,1,14-16H2,2-7H3/t25?,27?,28?,33-,34-,35+/m1/s1. The van der Waals surface area contributed by atoms with E-state index in [-0.39, 0.29) is 30.1 Å². The summed E-state index contributed by atoms with van der Waals surface area (Å²) in [5.74, 6) is -8.93. The number of Topliss-reactive ketones (excluding diaryl/α,β-unsaturated/α-hetero) is 5. The van der Waals surface area contributed by atoms with Crippen molar-refractivity contribution in [2.45, 2.75) is 66.4 Å². The maximum Gasteiger partial charge on any atom is 0.190 e. The van der Waals surface area contributed by atoms with Crippen LogP contribution in [0.1, 0.15) is 69.4 Å². The third kappa shape index (κ3) is 3.93. The molecule has 0 spiro atoms. The van der Waals surface area contributed by atoms with E-state index in [2.05, 4.69) is 6.58 Å². The first kappa shape index (κ1) is 29.8. The van der Waals surface area contributed by atoms with Gasteiger partial charge in [0, 0.05) is 11.3 Å². The molecule has 0 aromatic heterocycles. The molecule has 2 saturated carbocycles. The summed E-state index contributed by atoms with van der Waals surface area (Å²) in [7, 11) is 0. The van der Waals surface area contributed by atoms with Crippen molar-refractivity contribution in [1.82, 2.24) is 0 Å². The Bertz CT molecular complexity index is 1580.